The zero-order valence-corrected chi connectivity index (χ0v) is 19.0. The Balaban J connectivity index is 1.66. The second-order valence-electron chi connectivity index (χ2n) is 8.72. The predicted octanol–water partition coefficient (Wildman–Crippen LogP) is 3.93. The average Bonchev–Trinajstić information content (AvgIpc) is 3.22. The van der Waals surface area contributed by atoms with E-state index in [2.05, 4.69) is 10.00 Å². The van der Waals surface area contributed by atoms with Crippen LogP contribution < -0.4 is 9.47 Å². The smallest absolute Gasteiger partial charge is 0.416 e. The third-order valence-corrected chi connectivity index (χ3v) is 6.32. The van der Waals surface area contributed by atoms with Crippen LogP contribution in [0.25, 0.3) is 10.9 Å². The third kappa shape index (κ3) is 4.37. The van der Waals surface area contributed by atoms with Gasteiger partial charge in [0.25, 0.3) is 5.91 Å². The molecule has 5 rings (SSSR count). The Hall–Kier alpha value is -3.99. The van der Waals surface area contributed by atoms with Gasteiger partial charge in [-0.2, -0.15) is 23.0 Å². The Morgan fingerprint density at radius 2 is 1.61 bits per heavy atom. The van der Waals surface area contributed by atoms with Crippen molar-refractivity contribution >= 4 is 28.7 Å². The van der Waals surface area contributed by atoms with Crippen LogP contribution in [0.15, 0.2) is 48.6 Å². The number of likely N-dealkylation sites (tertiary alicyclic amines) is 1. The van der Waals surface area contributed by atoms with Crippen molar-refractivity contribution in [2.24, 2.45) is 0 Å². The third-order valence-electron chi connectivity index (χ3n) is 6.32. The van der Waals surface area contributed by atoms with Crippen LogP contribution in [0.4, 0.5) is 13.2 Å². The van der Waals surface area contributed by atoms with E-state index < -0.39 is 29.6 Å². The molecule has 0 spiro atoms. The largest absolute Gasteiger partial charge is 0.419 e. The van der Waals surface area contributed by atoms with Gasteiger partial charge in [0.1, 0.15) is 0 Å². The lowest BCUT2D eigenvalue weighted by atomic mass is 9.91. The topological polar surface area (TPSA) is 90.7 Å². The van der Waals surface area contributed by atoms with Crippen LogP contribution in [0.2, 0.25) is 0 Å². The number of aromatic nitrogens is 2. The van der Waals surface area contributed by atoms with E-state index >= 15 is 0 Å². The maximum absolute atomic E-state index is 13.4. The highest BCUT2D eigenvalue weighted by Crippen LogP contribution is 2.43. The first-order valence-corrected chi connectivity index (χ1v) is 11.2. The first-order valence-electron chi connectivity index (χ1n) is 11.2. The van der Waals surface area contributed by atoms with Crippen molar-refractivity contribution in [2.45, 2.75) is 24.9 Å². The van der Waals surface area contributed by atoms with E-state index in [1.165, 1.54) is 12.1 Å². The number of halogens is 3. The van der Waals surface area contributed by atoms with Gasteiger partial charge in [0.2, 0.25) is 0 Å². The van der Waals surface area contributed by atoms with Crippen molar-refractivity contribution in [3.05, 3.63) is 65.4 Å². The average molecular weight is 499 g/mol. The zero-order chi connectivity index (χ0) is 25.6. The number of carbonyl (C=O) groups excluding carboxylic acids is 3. The molecule has 186 valence electrons. The maximum atomic E-state index is 13.4. The number of carbonyl (C=O) groups is 3. The second kappa shape index (κ2) is 8.90. The maximum Gasteiger partial charge on any atom is 0.416 e. The monoisotopic (exact) mass is 499 g/mol. The van der Waals surface area contributed by atoms with Gasteiger partial charge < -0.3 is 14.4 Å². The van der Waals surface area contributed by atoms with E-state index in [9.17, 15) is 27.6 Å². The number of benzene rings is 2. The molecule has 0 N–H and O–H groups in total. The Kier molecular flexibility index (Phi) is 5.87. The highest BCUT2D eigenvalue weighted by molar-refractivity contribution is 6.05. The molecule has 0 unspecified atom stereocenters. The number of hydrogen-bond acceptors (Lipinski definition) is 7. The number of nitrogens with zero attached hydrogens (tertiary/aromatic N) is 3. The molecule has 1 aromatic heterocycles. The molecule has 3 heterocycles. The van der Waals surface area contributed by atoms with Gasteiger partial charge in [-0.3, -0.25) is 4.79 Å². The normalized spacial score (nSPS) is 18.2. The highest BCUT2D eigenvalue weighted by Gasteiger charge is 2.32. The number of piperidine rings is 1. The molecule has 3 aromatic rings. The van der Waals surface area contributed by atoms with Crippen LogP contribution in [0, 0.1) is 0 Å². The Morgan fingerprint density at radius 1 is 0.972 bits per heavy atom. The van der Waals surface area contributed by atoms with E-state index in [1.54, 1.807) is 0 Å². The number of esters is 2. The standard InChI is InChI=1S/C25H20F3N3O5/c1-30-12-10-14(11-13-30)22-21-17(6-7-18-23(21)36-20(33)9-8-19(32)35-18)31(29-22)24(34)15-2-4-16(5-3-15)25(26,27)28/h2-9,14H,10-13H2,1H3/b9-8+. The van der Waals surface area contributed by atoms with Crippen molar-refractivity contribution in [3.63, 3.8) is 0 Å². The molecule has 1 saturated heterocycles. The summed E-state index contributed by atoms with van der Waals surface area (Å²) in [5, 5.41) is 4.91. The van der Waals surface area contributed by atoms with Crippen molar-refractivity contribution in [1.82, 2.24) is 14.7 Å². The van der Waals surface area contributed by atoms with E-state index in [0.29, 0.717) is 23.9 Å². The van der Waals surface area contributed by atoms with E-state index in [1.807, 2.05) is 7.05 Å². The quantitative estimate of drug-likeness (QED) is 0.390. The number of alkyl halides is 3. The molecule has 0 bridgehead atoms. The number of hydrogen-bond donors (Lipinski definition) is 0. The fourth-order valence-electron chi connectivity index (χ4n) is 4.43. The molecule has 11 heteroatoms. The summed E-state index contributed by atoms with van der Waals surface area (Å²) in [6, 6.07) is 6.74. The lowest BCUT2D eigenvalue weighted by molar-refractivity contribution is -0.137. The fraction of sp³-hybridized carbons (Fsp3) is 0.280. The minimum atomic E-state index is -4.53. The van der Waals surface area contributed by atoms with Gasteiger partial charge in [-0.15, -0.1) is 0 Å². The van der Waals surface area contributed by atoms with Gasteiger partial charge in [0.05, 0.1) is 22.2 Å². The zero-order valence-electron chi connectivity index (χ0n) is 19.0. The second-order valence-corrected chi connectivity index (χ2v) is 8.72. The van der Waals surface area contributed by atoms with Crippen molar-refractivity contribution in [2.75, 3.05) is 20.1 Å². The number of ether oxygens (including phenoxy) is 2. The molecule has 36 heavy (non-hydrogen) atoms. The summed E-state index contributed by atoms with van der Waals surface area (Å²) in [7, 11) is 1.99. The highest BCUT2D eigenvalue weighted by atomic mass is 19.4. The summed E-state index contributed by atoms with van der Waals surface area (Å²) in [6.07, 6.45) is -1.21. The molecule has 0 amide bonds. The Bertz CT molecular complexity index is 1400. The molecule has 2 aliphatic heterocycles. The molecule has 2 aromatic carbocycles. The van der Waals surface area contributed by atoms with Crippen LogP contribution >= 0.6 is 0 Å². The number of fused-ring (bicyclic) bond motifs is 3. The van der Waals surface area contributed by atoms with Gasteiger partial charge in [-0.1, -0.05) is 0 Å². The molecule has 0 aliphatic carbocycles. The summed E-state index contributed by atoms with van der Waals surface area (Å²) >= 11 is 0. The van der Waals surface area contributed by atoms with Gasteiger partial charge >= 0.3 is 18.1 Å². The lowest BCUT2D eigenvalue weighted by Crippen LogP contribution is -2.29. The van der Waals surface area contributed by atoms with Crippen molar-refractivity contribution in [1.29, 1.82) is 0 Å². The van der Waals surface area contributed by atoms with E-state index in [4.69, 9.17) is 9.47 Å². The summed E-state index contributed by atoms with van der Waals surface area (Å²) in [6.45, 7) is 1.55. The van der Waals surface area contributed by atoms with Crippen LogP contribution in [0.5, 0.6) is 11.5 Å². The SMILES string of the molecule is CN1CCC(c2nn(C(=O)c3ccc(C(F)(F)F)cc3)c3ccc4c(c23)OC(=O)/C=C/C(=O)O4)CC1. The first kappa shape index (κ1) is 23.7. The summed E-state index contributed by atoms with van der Waals surface area (Å²) in [5.41, 5.74) is -0.107. The molecule has 0 saturated carbocycles. The van der Waals surface area contributed by atoms with Gasteiger partial charge in [-0.25, -0.2) is 9.59 Å². The Labute approximate surface area is 202 Å². The van der Waals surface area contributed by atoms with Gasteiger partial charge in [0, 0.05) is 23.6 Å². The van der Waals surface area contributed by atoms with Crippen LogP contribution in [0.1, 0.15) is 40.4 Å². The first-order chi connectivity index (χ1) is 17.1. The predicted molar refractivity (Wildman–Crippen MR) is 121 cm³/mol. The van der Waals surface area contributed by atoms with Crippen molar-refractivity contribution in [3.8, 4) is 11.5 Å². The van der Waals surface area contributed by atoms with Gasteiger partial charge in [-0.05, 0) is 69.4 Å². The molecule has 2 aliphatic rings. The summed E-state index contributed by atoms with van der Waals surface area (Å²) < 4.78 is 50.9. The van der Waals surface area contributed by atoms with Crippen molar-refractivity contribution < 1.29 is 37.0 Å². The summed E-state index contributed by atoms with van der Waals surface area (Å²) in [5.74, 6) is -2.33. The van der Waals surface area contributed by atoms with Crippen LogP contribution in [-0.4, -0.2) is 52.7 Å². The minimum absolute atomic E-state index is 0.000395. The molecular weight excluding hydrogens is 479 g/mol. The van der Waals surface area contributed by atoms with Gasteiger partial charge in [0.15, 0.2) is 11.5 Å². The molecule has 0 radical (unpaired) electrons. The Morgan fingerprint density at radius 3 is 2.25 bits per heavy atom. The van der Waals surface area contributed by atoms with Crippen LogP contribution in [0.3, 0.4) is 0 Å². The molecule has 0 atom stereocenters. The molecule has 1 fully saturated rings. The van der Waals surface area contributed by atoms with E-state index in [-0.39, 0.29) is 28.5 Å². The van der Waals surface area contributed by atoms with Crippen LogP contribution in [-0.2, 0) is 15.8 Å². The fourth-order valence-corrected chi connectivity index (χ4v) is 4.43. The minimum Gasteiger partial charge on any atom is -0.419 e. The molecular formula is C25H20F3N3O5. The van der Waals surface area contributed by atoms with E-state index in [0.717, 1.165) is 54.2 Å². The molecule has 8 nitrogen and oxygen atoms in total. The number of rotatable bonds is 2. The summed E-state index contributed by atoms with van der Waals surface area (Å²) in [4.78, 5) is 39.8. The lowest BCUT2D eigenvalue weighted by Gasteiger charge is -2.28.